The molecule has 1 fully saturated rings. The number of benzene rings is 2. The van der Waals surface area contributed by atoms with Gasteiger partial charge in [-0.3, -0.25) is 9.69 Å². The van der Waals surface area contributed by atoms with E-state index in [0.29, 0.717) is 13.1 Å². The number of piperazine rings is 1. The molecule has 2 aromatic rings. The van der Waals surface area contributed by atoms with Gasteiger partial charge in [-0.15, -0.1) is 0 Å². The molecule has 0 aliphatic carbocycles. The smallest absolute Gasteiger partial charge is 0.241 e. The number of rotatable bonds is 5. The van der Waals surface area contributed by atoms with Gasteiger partial charge in [-0.1, -0.05) is 0 Å². The van der Waals surface area contributed by atoms with Gasteiger partial charge in [0, 0.05) is 37.9 Å². The summed E-state index contributed by atoms with van der Waals surface area (Å²) in [6, 6.07) is 10.6. The van der Waals surface area contributed by atoms with E-state index in [4.69, 9.17) is 4.74 Å². The molecule has 1 atom stereocenters. The van der Waals surface area contributed by atoms with Crippen LogP contribution >= 0.6 is 0 Å². The molecule has 27 heavy (non-hydrogen) atoms. The van der Waals surface area contributed by atoms with E-state index >= 15 is 0 Å². The zero-order chi connectivity index (χ0) is 19.4. The maximum atomic E-state index is 13.7. The van der Waals surface area contributed by atoms with Crippen LogP contribution in [0.3, 0.4) is 0 Å². The Kier molecular flexibility index (Phi) is 5.91. The molecule has 5 nitrogen and oxygen atoms in total. The van der Waals surface area contributed by atoms with Crippen molar-refractivity contribution in [2.75, 3.05) is 43.5 Å². The molecule has 2 aromatic carbocycles. The first-order valence-electron chi connectivity index (χ1n) is 8.87. The summed E-state index contributed by atoms with van der Waals surface area (Å²) in [6.45, 7) is 4.79. The predicted octanol–water partition coefficient (Wildman–Crippen LogP) is 3.12. The van der Waals surface area contributed by atoms with Gasteiger partial charge in [-0.25, -0.2) is 8.78 Å². The van der Waals surface area contributed by atoms with Gasteiger partial charge in [-0.05, 0) is 43.3 Å². The van der Waals surface area contributed by atoms with Crippen molar-refractivity contribution < 1.29 is 18.3 Å². The molecule has 1 amide bonds. The van der Waals surface area contributed by atoms with Crippen LogP contribution in [-0.2, 0) is 4.79 Å². The van der Waals surface area contributed by atoms with Crippen LogP contribution in [0, 0.1) is 11.6 Å². The number of hydrogen-bond acceptors (Lipinski definition) is 4. The Hall–Kier alpha value is -2.67. The van der Waals surface area contributed by atoms with E-state index in [1.807, 2.05) is 24.3 Å². The standard InChI is InChI=1S/C20H23F2N3O2/c1-14(20(26)23-19-8-3-15(21)13-18(19)22)24-9-11-25(12-10-24)16-4-6-17(27-2)7-5-16/h3-8,13-14H,9-12H2,1-2H3,(H,23,26)/t14-/m0/s1. The van der Waals surface area contributed by atoms with Crippen LogP contribution in [0.15, 0.2) is 42.5 Å². The molecule has 1 aliphatic rings. The highest BCUT2D eigenvalue weighted by molar-refractivity contribution is 5.94. The molecule has 7 heteroatoms. The number of hydrogen-bond donors (Lipinski definition) is 1. The normalized spacial score (nSPS) is 16.1. The molecule has 0 saturated carbocycles. The second-order valence-corrected chi connectivity index (χ2v) is 6.51. The van der Waals surface area contributed by atoms with Crippen molar-refractivity contribution in [3.05, 3.63) is 54.1 Å². The lowest BCUT2D eigenvalue weighted by Crippen LogP contribution is -2.52. The minimum Gasteiger partial charge on any atom is -0.497 e. The number of carbonyl (C=O) groups excluding carboxylic acids is 1. The highest BCUT2D eigenvalue weighted by atomic mass is 19.1. The Bertz CT molecular complexity index is 790. The molecular formula is C20H23F2N3O2. The average Bonchev–Trinajstić information content (AvgIpc) is 2.69. The topological polar surface area (TPSA) is 44.8 Å². The summed E-state index contributed by atoms with van der Waals surface area (Å²) in [5, 5.41) is 2.54. The minimum absolute atomic E-state index is 0.00915. The van der Waals surface area contributed by atoms with Gasteiger partial charge in [0.05, 0.1) is 18.8 Å². The van der Waals surface area contributed by atoms with Crippen molar-refractivity contribution in [2.45, 2.75) is 13.0 Å². The molecular weight excluding hydrogens is 352 g/mol. The van der Waals surface area contributed by atoms with E-state index in [1.54, 1.807) is 14.0 Å². The third kappa shape index (κ3) is 4.54. The number of anilines is 2. The van der Waals surface area contributed by atoms with Crippen molar-refractivity contribution in [2.24, 2.45) is 0 Å². The van der Waals surface area contributed by atoms with E-state index in [1.165, 1.54) is 6.07 Å². The summed E-state index contributed by atoms with van der Waals surface area (Å²) < 4.78 is 31.9. The first-order valence-corrected chi connectivity index (χ1v) is 8.87. The number of halogens is 2. The third-order valence-electron chi connectivity index (χ3n) is 4.87. The van der Waals surface area contributed by atoms with E-state index < -0.39 is 17.7 Å². The summed E-state index contributed by atoms with van der Waals surface area (Å²) in [6.07, 6.45) is 0. The third-order valence-corrected chi connectivity index (χ3v) is 4.87. The fourth-order valence-corrected chi connectivity index (χ4v) is 3.15. The van der Waals surface area contributed by atoms with Crippen LogP contribution in [0.2, 0.25) is 0 Å². The first-order chi connectivity index (χ1) is 13.0. The predicted molar refractivity (Wildman–Crippen MR) is 101 cm³/mol. The second kappa shape index (κ2) is 8.35. The quantitative estimate of drug-likeness (QED) is 0.872. The van der Waals surface area contributed by atoms with Gasteiger partial charge >= 0.3 is 0 Å². The van der Waals surface area contributed by atoms with Crippen molar-refractivity contribution in [3.8, 4) is 5.75 Å². The zero-order valence-corrected chi connectivity index (χ0v) is 15.4. The summed E-state index contributed by atoms with van der Waals surface area (Å²) in [7, 11) is 1.64. The summed E-state index contributed by atoms with van der Waals surface area (Å²) >= 11 is 0. The highest BCUT2D eigenvalue weighted by Gasteiger charge is 2.26. The first kappa shape index (κ1) is 19.1. The molecule has 144 valence electrons. The highest BCUT2D eigenvalue weighted by Crippen LogP contribution is 2.21. The van der Waals surface area contributed by atoms with E-state index in [-0.39, 0.29) is 11.6 Å². The van der Waals surface area contributed by atoms with Gasteiger partial charge < -0.3 is 15.0 Å². The molecule has 0 unspecified atom stereocenters. The van der Waals surface area contributed by atoms with Crippen molar-refractivity contribution >= 4 is 17.3 Å². The lowest BCUT2D eigenvalue weighted by Gasteiger charge is -2.38. The van der Waals surface area contributed by atoms with Crippen LogP contribution in [0.4, 0.5) is 20.2 Å². The summed E-state index contributed by atoms with van der Waals surface area (Å²) in [4.78, 5) is 16.7. The summed E-state index contributed by atoms with van der Waals surface area (Å²) in [5.74, 6) is -0.942. The van der Waals surface area contributed by atoms with E-state index in [9.17, 15) is 13.6 Å². The van der Waals surface area contributed by atoms with Crippen LogP contribution in [-0.4, -0.2) is 50.1 Å². The van der Waals surface area contributed by atoms with Gasteiger partial charge in [0.2, 0.25) is 5.91 Å². The minimum atomic E-state index is -0.778. The van der Waals surface area contributed by atoms with Crippen molar-refractivity contribution in [1.82, 2.24) is 4.90 Å². The van der Waals surface area contributed by atoms with Crippen LogP contribution in [0.25, 0.3) is 0 Å². The van der Waals surface area contributed by atoms with Crippen molar-refractivity contribution in [3.63, 3.8) is 0 Å². The molecule has 3 rings (SSSR count). The molecule has 0 bridgehead atoms. The number of ether oxygens (including phenoxy) is 1. The Labute approximate surface area is 157 Å². The molecule has 1 heterocycles. The lowest BCUT2D eigenvalue weighted by atomic mass is 10.2. The lowest BCUT2D eigenvalue weighted by molar-refractivity contribution is -0.120. The van der Waals surface area contributed by atoms with Crippen LogP contribution in [0.1, 0.15) is 6.92 Å². The summed E-state index contributed by atoms with van der Waals surface area (Å²) in [5.41, 5.74) is 1.10. The number of nitrogens with one attached hydrogen (secondary N) is 1. The molecule has 0 aromatic heterocycles. The van der Waals surface area contributed by atoms with Gasteiger partial charge in [0.1, 0.15) is 17.4 Å². The van der Waals surface area contributed by atoms with Crippen LogP contribution in [0.5, 0.6) is 5.75 Å². The van der Waals surface area contributed by atoms with Crippen molar-refractivity contribution in [1.29, 1.82) is 0 Å². The maximum absolute atomic E-state index is 13.7. The van der Waals surface area contributed by atoms with Gasteiger partial charge in [0.15, 0.2) is 0 Å². The second-order valence-electron chi connectivity index (χ2n) is 6.51. The molecule has 0 radical (unpaired) electrons. The monoisotopic (exact) mass is 375 g/mol. The van der Waals surface area contributed by atoms with Crippen LogP contribution < -0.4 is 15.0 Å². The Morgan fingerprint density at radius 3 is 2.33 bits per heavy atom. The number of methoxy groups -OCH3 is 1. The fraction of sp³-hybridized carbons (Fsp3) is 0.350. The Morgan fingerprint density at radius 2 is 1.74 bits per heavy atom. The molecule has 1 N–H and O–H groups in total. The Morgan fingerprint density at radius 1 is 1.07 bits per heavy atom. The molecule has 0 spiro atoms. The van der Waals surface area contributed by atoms with Gasteiger partial charge in [-0.2, -0.15) is 0 Å². The number of amides is 1. The zero-order valence-electron chi connectivity index (χ0n) is 15.4. The average molecular weight is 375 g/mol. The number of nitrogens with zero attached hydrogens (tertiary/aromatic N) is 2. The molecule has 1 aliphatic heterocycles. The van der Waals surface area contributed by atoms with E-state index in [2.05, 4.69) is 15.1 Å². The SMILES string of the molecule is COc1ccc(N2CCN([C@@H](C)C(=O)Nc3ccc(F)cc3F)CC2)cc1. The van der Waals surface area contributed by atoms with Gasteiger partial charge in [0.25, 0.3) is 0 Å². The Balaban J connectivity index is 1.55. The fourth-order valence-electron chi connectivity index (χ4n) is 3.15. The molecule has 1 saturated heterocycles. The van der Waals surface area contributed by atoms with E-state index in [0.717, 1.165) is 36.7 Å². The number of carbonyl (C=O) groups is 1. The largest absolute Gasteiger partial charge is 0.497 e. The maximum Gasteiger partial charge on any atom is 0.241 e.